The summed E-state index contributed by atoms with van der Waals surface area (Å²) in [5.41, 5.74) is 2.01. The van der Waals surface area contributed by atoms with Crippen LogP contribution in [0.3, 0.4) is 0 Å². The van der Waals surface area contributed by atoms with Crippen molar-refractivity contribution in [2.24, 2.45) is 0 Å². The lowest BCUT2D eigenvalue weighted by Crippen LogP contribution is -2.29. The Labute approximate surface area is 213 Å². The van der Waals surface area contributed by atoms with Gasteiger partial charge in [0.2, 0.25) is 0 Å². The van der Waals surface area contributed by atoms with Crippen LogP contribution in [-0.4, -0.2) is 42.0 Å². The summed E-state index contributed by atoms with van der Waals surface area (Å²) in [5, 5.41) is 11.4. The Morgan fingerprint density at radius 3 is 2.40 bits per heavy atom. The molecule has 4 rings (SSSR count). The summed E-state index contributed by atoms with van der Waals surface area (Å²) >= 11 is 4.35. The third-order valence-corrected chi connectivity index (χ3v) is 7.33. The Morgan fingerprint density at radius 1 is 1.11 bits per heavy atom. The number of ketones is 1. The molecule has 1 N–H and O–H groups in total. The van der Waals surface area contributed by atoms with Crippen LogP contribution < -0.4 is 9.64 Å². The number of aromatic nitrogens is 1. The summed E-state index contributed by atoms with van der Waals surface area (Å²) in [6.07, 6.45) is 0. The van der Waals surface area contributed by atoms with Gasteiger partial charge in [0.15, 0.2) is 5.13 Å². The van der Waals surface area contributed by atoms with Crippen LogP contribution in [0.5, 0.6) is 5.75 Å². The lowest BCUT2D eigenvalue weighted by atomic mass is 9.95. The van der Waals surface area contributed by atoms with E-state index >= 15 is 0 Å². The SMILES string of the molecule is COC(=O)c1sc(N2C(=O)C(=O)C(=C(O)c3ccc(OC)c(C)c3)[C@H]2c2ccc(Br)cc2)nc1C. The molecule has 2 heterocycles. The first-order valence-corrected chi connectivity index (χ1v) is 12.1. The van der Waals surface area contributed by atoms with Gasteiger partial charge in [0.1, 0.15) is 16.4 Å². The van der Waals surface area contributed by atoms with Gasteiger partial charge in [0.25, 0.3) is 5.78 Å². The number of aliphatic hydroxyl groups is 1. The maximum atomic E-state index is 13.3. The summed E-state index contributed by atoms with van der Waals surface area (Å²) in [7, 11) is 2.80. The number of carbonyl (C=O) groups excluding carboxylic acids is 3. The van der Waals surface area contributed by atoms with Gasteiger partial charge in [0, 0.05) is 10.0 Å². The number of methoxy groups -OCH3 is 2. The second kappa shape index (κ2) is 9.63. The molecular formula is C25H21BrN2O6S. The van der Waals surface area contributed by atoms with E-state index in [1.54, 1.807) is 56.5 Å². The maximum absolute atomic E-state index is 13.3. The normalized spacial score (nSPS) is 17.1. The quantitative estimate of drug-likeness (QED) is 0.205. The maximum Gasteiger partial charge on any atom is 0.350 e. The zero-order chi connectivity index (χ0) is 25.4. The summed E-state index contributed by atoms with van der Waals surface area (Å²) in [6.45, 7) is 3.44. The smallest absolute Gasteiger partial charge is 0.350 e. The number of benzene rings is 2. The van der Waals surface area contributed by atoms with Crippen molar-refractivity contribution in [3.8, 4) is 5.75 Å². The van der Waals surface area contributed by atoms with E-state index in [-0.39, 0.29) is 21.3 Å². The molecule has 0 unspecified atom stereocenters. The van der Waals surface area contributed by atoms with Crippen LogP contribution in [0.2, 0.25) is 0 Å². The summed E-state index contributed by atoms with van der Waals surface area (Å²) < 4.78 is 10.9. The molecule has 1 aliphatic heterocycles. The Hall–Kier alpha value is -3.50. The molecule has 0 aliphatic carbocycles. The van der Waals surface area contributed by atoms with Gasteiger partial charge in [-0.1, -0.05) is 39.4 Å². The molecule has 2 aromatic carbocycles. The molecule has 1 aromatic heterocycles. The first-order valence-electron chi connectivity index (χ1n) is 10.4. The van der Waals surface area contributed by atoms with Gasteiger partial charge in [-0.05, 0) is 55.3 Å². The highest BCUT2D eigenvalue weighted by Gasteiger charge is 2.48. The standard InChI is InChI=1S/C25H21BrN2O6S/c1-12-11-15(7-10-17(12)33-3)20(29)18-19(14-5-8-16(26)9-6-14)28(23(31)21(18)30)25-27-13(2)22(35-25)24(32)34-4/h5-11,19,29H,1-4H3/t19-/m1/s1. The zero-order valence-corrected chi connectivity index (χ0v) is 21.7. The van der Waals surface area contributed by atoms with E-state index in [0.29, 0.717) is 22.6 Å². The molecule has 1 atom stereocenters. The number of nitrogens with zero attached hydrogens (tertiary/aromatic N) is 2. The van der Waals surface area contributed by atoms with Crippen LogP contribution in [-0.2, 0) is 14.3 Å². The van der Waals surface area contributed by atoms with E-state index in [4.69, 9.17) is 9.47 Å². The second-order valence-electron chi connectivity index (χ2n) is 7.81. The van der Waals surface area contributed by atoms with Gasteiger partial charge >= 0.3 is 11.9 Å². The number of anilines is 1. The van der Waals surface area contributed by atoms with Crippen LogP contribution >= 0.6 is 27.3 Å². The molecule has 0 bridgehead atoms. The predicted octanol–water partition coefficient (Wildman–Crippen LogP) is 4.94. The van der Waals surface area contributed by atoms with Gasteiger partial charge in [-0.2, -0.15) is 0 Å². The third-order valence-electron chi connectivity index (χ3n) is 5.66. The number of aliphatic hydroxyl groups excluding tert-OH is 1. The number of hydrogen-bond acceptors (Lipinski definition) is 8. The Balaban J connectivity index is 1.93. The Kier molecular flexibility index (Phi) is 6.77. The molecule has 3 aromatic rings. The third kappa shape index (κ3) is 4.35. The number of esters is 1. The number of thiazole rings is 1. The zero-order valence-electron chi connectivity index (χ0n) is 19.3. The molecular weight excluding hydrogens is 536 g/mol. The number of aryl methyl sites for hydroxylation is 2. The number of rotatable bonds is 5. The lowest BCUT2D eigenvalue weighted by molar-refractivity contribution is -0.132. The van der Waals surface area contributed by atoms with E-state index in [2.05, 4.69) is 20.9 Å². The summed E-state index contributed by atoms with van der Waals surface area (Å²) in [4.78, 5) is 44.6. The van der Waals surface area contributed by atoms with Crippen molar-refractivity contribution in [3.63, 3.8) is 0 Å². The average Bonchev–Trinajstić information content (AvgIpc) is 3.35. The first-order chi connectivity index (χ1) is 16.7. The molecule has 0 saturated carbocycles. The number of halogens is 1. The molecule has 10 heteroatoms. The highest BCUT2D eigenvalue weighted by Crippen LogP contribution is 2.44. The lowest BCUT2D eigenvalue weighted by Gasteiger charge is -2.23. The van der Waals surface area contributed by atoms with Gasteiger partial charge in [-0.15, -0.1) is 0 Å². The highest BCUT2D eigenvalue weighted by atomic mass is 79.9. The van der Waals surface area contributed by atoms with Gasteiger partial charge in [0.05, 0.1) is 31.5 Å². The van der Waals surface area contributed by atoms with Crippen molar-refractivity contribution in [3.05, 3.63) is 79.8 Å². The van der Waals surface area contributed by atoms with Crippen molar-refractivity contribution in [2.45, 2.75) is 19.9 Å². The van der Waals surface area contributed by atoms with Gasteiger partial charge < -0.3 is 14.6 Å². The van der Waals surface area contributed by atoms with Crippen molar-refractivity contribution < 1.29 is 29.0 Å². The molecule has 1 aliphatic rings. The molecule has 35 heavy (non-hydrogen) atoms. The molecule has 1 saturated heterocycles. The summed E-state index contributed by atoms with van der Waals surface area (Å²) in [6, 6.07) is 11.1. The van der Waals surface area contributed by atoms with E-state index in [1.165, 1.54) is 12.0 Å². The molecule has 180 valence electrons. The van der Waals surface area contributed by atoms with E-state index in [1.807, 2.05) is 6.92 Å². The van der Waals surface area contributed by atoms with E-state index < -0.39 is 23.7 Å². The van der Waals surface area contributed by atoms with Crippen LogP contribution in [0.1, 0.15) is 38.1 Å². The summed E-state index contributed by atoms with van der Waals surface area (Å²) in [5.74, 6) is -1.98. The Bertz CT molecular complexity index is 1380. The molecule has 1 amide bonds. The number of amides is 1. The van der Waals surface area contributed by atoms with Gasteiger partial charge in [-0.3, -0.25) is 14.5 Å². The molecule has 0 spiro atoms. The fourth-order valence-corrected chi connectivity index (χ4v) is 5.21. The van der Waals surface area contributed by atoms with Crippen LogP contribution in [0.15, 0.2) is 52.5 Å². The van der Waals surface area contributed by atoms with Crippen molar-refractivity contribution in [1.29, 1.82) is 0 Å². The predicted molar refractivity (Wildman–Crippen MR) is 135 cm³/mol. The Morgan fingerprint density at radius 2 is 1.80 bits per heavy atom. The molecule has 1 fully saturated rings. The van der Waals surface area contributed by atoms with Gasteiger partial charge in [-0.25, -0.2) is 9.78 Å². The van der Waals surface area contributed by atoms with Crippen LogP contribution in [0, 0.1) is 13.8 Å². The van der Waals surface area contributed by atoms with Crippen molar-refractivity contribution in [2.75, 3.05) is 19.1 Å². The molecule has 8 nitrogen and oxygen atoms in total. The topological polar surface area (TPSA) is 106 Å². The second-order valence-corrected chi connectivity index (χ2v) is 9.70. The number of hydrogen-bond donors (Lipinski definition) is 1. The number of Topliss-reactive ketones (excluding diaryl/α,β-unsaturated/α-hetero) is 1. The minimum Gasteiger partial charge on any atom is -0.507 e. The van der Waals surface area contributed by atoms with Crippen molar-refractivity contribution >= 4 is 55.8 Å². The van der Waals surface area contributed by atoms with Crippen molar-refractivity contribution in [1.82, 2.24) is 4.98 Å². The minimum atomic E-state index is -0.957. The first kappa shape index (κ1) is 24.6. The molecule has 0 radical (unpaired) electrons. The monoisotopic (exact) mass is 556 g/mol. The fraction of sp³-hybridized carbons (Fsp3) is 0.200. The highest BCUT2D eigenvalue weighted by molar-refractivity contribution is 9.10. The van der Waals surface area contributed by atoms with E-state index in [9.17, 15) is 19.5 Å². The number of carbonyl (C=O) groups is 3. The largest absolute Gasteiger partial charge is 0.507 e. The average molecular weight is 557 g/mol. The fourth-order valence-electron chi connectivity index (χ4n) is 3.94. The van der Waals surface area contributed by atoms with Crippen LogP contribution in [0.25, 0.3) is 5.76 Å². The van der Waals surface area contributed by atoms with Crippen LogP contribution in [0.4, 0.5) is 5.13 Å². The number of ether oxygens (including phenoxy) is 2. The van der Waals surface area contributed by atoms with E-state index in [0.717, 1.165) is 21.4 Å². The minimum absolute atomic E-state index is 0.0747.